The van der Waals surface area contributed by atoms with E-state index in [0.29, 0.717) is 60.9 Å². The van der Waals surface area contributed by atoms with Crippen molar-refractivity contribution >= 4 is 5.91 Å². The van der Waals surface area contributed by atoms with Crippen molar-refractivity contribution in [2.45, 2.75) is 33.1 Å². The number of aromatic nitrogens is 1. The Morgan fingerprint density at radius 1 is 1.11 bits per heavy atom. The summed E-state index contributed by atoms with van der Waals surface area (Å²) in [7, 11) is 3.06. The molecule has 1 aliphatic rings. The quantitative estimate of drug-likeness (QED) is 0.460. The Balaban J connectivity index is 2.05. The Kier molecular flexibility index (Phi) is 9.60. The van der Waals surface area contributed by atoms with Crippen molar-refractivity contribution in [1.29, 1.82) is 0 Å². The number of unbranched alkanes of at least 4 members (excludes halogenated alkanes) is 1. The summed E-state index contributed by atoms with van der Waals surface area (Å²) >= 11 is 0. The first-order chi connectivity index (χ1) is 17.9. The van der Waals surface area contributed by atoms with Gasteiger partial charge in [0.15, 0.2) is 0 Å². The van der Waals surface area contributed by atoms with E-state index in [1.807, 2.05) is 32.1 Å². The molecule has 0 radical (unpaired) electrons. The zero-order chi connectivity index (χ0) is 26.9. The Labute approximate surface area is 218 Å². The van der Waals surface area contributed by atoms with Crippen LogP contribution in [0.2, 0.25) is 0 Å². The first-order valence-electron chi connectivity index (χ1n) is 12.6. The molecule has 0 aliphatic carbocycles. The lowest BCUT2D eigenvalue weighted by Gasteiger charge is -2.36. The van der Waals surface area contributed by atoms with Crippen LogP contribution in [0.25, 0.3) is 11.1 Å². The number of amides is 1. The number of piperazine rings is 1. The van der Waals surface area contributed by atoms with Crippen LogP contribution in [0.3, 0.4) is 0 Å². The van der Waals surface area contributed by atoms with Crippen molar-refractivity contribution in [3.05, 3.63) is 76.4 Å². The number of pyridine rings is 1. The number of H-pyrrole nitrogens is 1. The monoisotopic (exact) mass is 507 g/mol. The minimum absolute atomic E-state index is 0.271. The highest BCUT2D eigenvalue weighted by atomic mass is 16.5. The Hall–Kier alpha value is -3.94. The number of carbonyl (C=O) groups is 1. The van der Waals surface area contributed by atoms with Gasteiger partial charge in [0.2, 0.25) is 0 Å². The average molecular weight is 508 g/mol. The van der Waals surface area contributed by atoms with Crippen molar-refractivity contribution in [3.8, 4) is 28.4 Å². The number of aromatic hydroxyl groups is 1. The van der Waals surface area contributed by atoms with E-state index in [1.165, 1.54) is 14.2 Å². The highest BCUT2D eigenvalue weighted by Gasteiger charge is 2.31. The third-order valence-electron chi connectivity index (χ3n) is 6.50. The van der Waals surface area contributed by atoms with Crippen LogP contribution in [-0.4, -0.2) is 66.2 Å². The van der Waals surface area contributed by atoms with Crippen LogP contribution in [0.4, 0.5) is 0 Å². The fourth-order valence-electron chi connectivity index (χ4n) is 4.63. The number of hydrogen-bond donors (Lipinski definition) is 2. The lowest BCUT2D eigenvalue weighted by Crippen LogP contribution is -2.49. The fourth-order valence-corrected chi connectivity index (χ4v) is 4.63. The highest BCUT2D eigenvalue weighted by Crippen LogP contribution is 2.44. The highest BCUT2D eigenvalue weighted by molar-refractivity contribution is 6.00. The molecule has 1 aromatic carbocycles. The van der Waals surface area contributed by atoms with Gasteiger partial charge in [-0.15, -0.1) is 0 Å². The second-order valence-electron chi connectivity index (χ2n) is 8.78. The lowest BCUT2D eigenvalue weighted by molar-refractivity contribution is 0.0667. The molecule has 1 aliphatic heterocycles. The predicted octanol–water partition coefficient (Wildman–Crippen LogP) is 4.51. The van der Waals surface area contributed by atoms with E-state index in [2.05, 4.69) is 16.5 Å². The number of methoxy groups -OCH3 is 2. The minimum atomic E-state index is -0.602. The molecule has 8 nitrogen and oxygen atoms in total. The number of ether oxygens (including phenoxy) is 2. The van der Waals surface area contributed by atoms with Gasteiger partial charge in [-0.2, -0.15) is 0 Å². The van der Waals surface area contributed by atoms with Crippen molar-refractivity contribution in [2.75, 3.05) is 40.4 Å². The average Bonchev–Trinajstić information content (AvgIpc) is 2.91. The normalized spacial score (nSPS) is 14.2. The number of rotatable bonds is 10. The number of aryl methyl sites for hydroxylation is 1. The molecule has 1 saturated heterocycles. The van der Waals surface area contributed by atoms with Crippen molar-refractivity contribution < 1.29 is 19.4 Å². The van der Waals surface area contributed by atoms with Crippen molar-refractivity contribution in [2.24, 2.45) is 0 Å². The van der Waals surface area contributed by atoms with Gasteiger partial charge >= 0.3 is 0 Å². The molecule has 0 spiro atoms. The molecule has 198 valence electrons. The lowest BCUT2D eigenvalue weighted by atomic mass is 9.95. The van der Waals surface area contributed by atoms with Gasteiger partial charge in [-0.25, -0.2) is 0 Å². The Morgan fingerprint density at radius 3 is 2.27 bits per heavy atom. The number of hydrogen-bond acceptors (Lipinski definition) is 6. The topological polar surface area (TPSA) is 95.1 Å². The van der Waals surface area contributed by atoms with E-state index in [4.69, 9.17) is 9.47 Å². The van der Waals surface area contributed by atoms with Gasteiger partial charge in [0.1, 0.15) is 22.8 Å². The second kappa shape index (κ2) is 12.9. The first-order valence-corrected chi connectivity index (χ1v) is 12.6. The summed E-state index contributed by atoms with van der Waals surface area (Å²) in [5, 5.41) is 11.5. The molecule has 1 amide bonds. The zero-order valence-corrected chi connectivity index (χ0v) is 22.2. The van der Waals surface area contributed by atoms with E-state index in [9.17, 15) is 14.7 Å². The molecule has 8 heteroatoms. The van der Waals surface area contributed by atoms with Gasteiger partial charge in [-0.3, -0.25) is 9.59 Å². The number of carbonyl (C=O) groups excluding carboxylic acids is 1. The summed E-state index contributed by atoms with van der Waals surface area (Å²) in [6.07, 6.45) is 9.82. The number of nitrogens with zero attached hydrogens (tertiary/aromatic N) is 2. The molecule has 0 atom stereocenters. The van der Waals surface area contributed by atoms with Crippen LogP contribution in [0.1, 0.15) is 42.7 Å². The second-order valence-corrected chi connectivity index (χ2v) is 8.78. The number of allylic oxidation sites excluding steroid dienone is 4. The predicted molar refractivity (Wildman–Crippen MR) is 146 cm³/mol. The van der Waals surface area contributed by atoms with Crippen LogP contribution in [-0.2, 0) is 6.42 Å². The summed E-state index contributed by atoms with van der Waals surface area (Å²) in [4.78, 5) is 33.4. The van der Waals surface area contributed by atoms with Crippen molar-refractivity contribution in [1.82, 2.24) is 14.8 Å². The molecule has 37 heavy (non-hydrogen) atoms. The summed E-state index contributed by atoms with van der Waals surface area (Å²) in [6, 6.07) is 5.29. The maximum absolute atomic E-state index is 13.6. The number of nitrogens with one attached hydrogen (secondary N) is 1. The Bertz CT molecular complexity index is 1210. The first kappa shape index (κ1) is 27.6. The molecule has 3 rings (SSSR count). The van der Waals surface area contributed by atoms with Gasteiger partial charge in [-0.05, 0) is 44.1 Å². The van der Waals surface area contributed by atoms with Gasteiger partial charge in [-0.1, -0.05) is 38.1 Å². The van der Waals surface area contributed by atoms with Crippen LogP contribution in [0.15, 0.2) is 59.6 Å². The summed E-state index contributed by atoms with van der Waals surface area (Å²) in [6.45, 7) is 9.78. The molecule has 2 aromatic rings. The molecule has 1 aromatic heterocycles. The summed E-state index contributed by atoms with van der Waals surface area (Å²) in [5.74, 6) is 0.0797. The molecular weight excluding hydrogens is 470 g/mol. The Morgan fingerprint density at radius 2 is 1.73 bits per heavy atom. The maximum atomic E-state index is 13.6. The smallest absolute Gasteiger partial charge is 0.264 e. The molecule has 0 unspecified atom stereocenters. The van der Waals surface area contributed by atoms with Gasteiger partial charge in [0.25, 0.3) is 11.5 Å². The zero-order valence-electron chi connectivity index (χ0n) is 22.2. The van der Waals surface area contributed by atoms with Gasteiger partial charge in [0, 0.05) is 37.6 Å². The van der Waals surface area contributed by atoms with Crippen LogP contribution in [0.5, 0.6) is 17.2 Å². The van der Waals surface area contributed by atoms with E-state index in [0.717, 1.165) is 18.5 Å². The molecule has 0 saturated carbocycles. The standard InChI is InChI=1S/C29H37N3O5/c1-6-9-13-21-24(25-22(36-4)14-10-15-23(25)37-5)27(33)26(28(34)30-21)29(35)32-18-16-31(17-19-32)20(11-7-2)12-8-3/h7-8,10-12,14-15H,2,6,9,13,16-19H2,1,3-5H3,(H2,30,33,34)/b12-8-,20-11+. The minimum Gasteiger partial charge on any atom is -0.506 e. The van der Waals surface area contributed by atoms with Crippen LogP contribution in [0, 0.1) is 0 Å². The van der Waals surface area contributed by atoms with Crippen LogP contribution >= 0.6 is 0 Å². The van der Waals surface area contributed by atoms with Gasteiger partial charge in [0.05, 0.1) is 25.3 Å². The van der Waals surface area contributed by atoms with E-state index in [-0.39, 0.29) is 11.3 Å². The van der Waals surface area contributed by atoms with Crippen LogP contribution < -0.4 is 15.0 Å². The maximum Gasteiger partial charge on any atom is 0.264 e. The largest absolute Gasteiger partial charge is 0.506 e. The third kappa shape index (κ3) is 5.90. The van der Waals surface area contributed by atoms with E-state index in [1.54, 1.807) is 29.2 Å². The van der Waals surface area contributed by atoms with Crippen molar-refractivity contribution in [3.63, 3.8) is 0 Å². The number of aromatic amines is 1. The fraction of sp³-hybridized carbons (Fsp3) is 0.379. The molecular formula is C29H37N3O5. The van der Waals surface area contributed by atoms with E-state index >= 15 is 0 Å². The molecule has 1 fully saturated rings. The summed E-state index contributed by atoms with van der Waals surface area (Å²) < 4.78 is 11.2. The molecule has 2 N–H and O–H groups in total. The third-order valence-corrected chi connectivity index (χ3v) is 6.50. The SMILES string of the molecule is C=C/C=C(\C=C/C)N1CCN(C(=O)c2c(O)c(-c3c(OC)cccc3OC)c(CCCC)[nH]c2=O)CC1. The number of benzene rings is 1. The molecule has 0 bridgehead atoms. The molecule has 2 heterocycles. The summed E-state index contributed by atoms with van der Waals surface area (Å²) in [5.41, 5.74) is 1.53. The van der Waals surface area contributed by atoms with Gasteiger partial charge < -0.3 is 29.4 Å². The van der Waals surface area contributed by atoms with E-state index < -0.39 is 11.5 Å².